The van der Waals surface area contributed by atoms with E-state index in [4.69, 9.17) is 10.5 Å². The van der Waals surface area contributed by atoms with E-state index >= 15 is 0 Å². The lowest BCUT2D eigenvalue weighted by Crippen LogP contribution is -2.54. The summed E-state index contributed by atoms with van der Waals surface area (Å²) in [6.45, 7) is 4.53. The molecule has 2 atom stereocenters. The first kappa shape index (κ1) is 13.3. The summed E-state index contributed by atoms with van der Waals surface area (Å²) in [5.41, 5.74) is 6.08. The van der Waals surface area contributed by atoms with Gasteiger partial charge in [0.2, 0.25) is 5.91 Å². The number of ether oxygens (including phenoxy) is 1. The Labute approximate surface area is 115 Å². The molecule has 3 aliphatic rings. The van der Waals surface area contributed by atoms with Crippen LogP contribution in [0.4, 0.5) is 0 Å². The van der Waals surface area contributed by atoms with E-state index in [9.17, 15) is 4.79 Å². The van der Waals surface area contributed by atoms with E-state index in [-0.39, 0.29) is 6.04 Å². The van der Waals surface area contributed by atoms with Gasteiger partial charge < -0.3 is 15.4 Å². The van der Waals surface area contributed by atoms with Crippen LogP contribution < -0.4 is 5.73 Å². The van der Waals surface area contributed by atoms with Gasteiger partial charge in [-0.1, -0.05) is 0 Å². The maximum Gasteiger partial charge on any atom is 0.222 e. The number of rotatable bonds is 2. The van der Waals surface area contributed by atoms with Gasteiger partial charge in [-0.3, -0.25) is 9.69 Å². The molecule has 5 heteroatoms. The number of hydrogen-bond donors (Lipinski definition) is 1. The lowest BCUT2D eigenvalue weighted by molar-refractivity contribution is -0.137. The van der Waals surface area contributed by atoms with Crippen LogP contribution >= 0.6 is 0 Å². The Morgan fingerprint density at radius 2 is 1.89 bits per heavy atom. The number of hydrogen-bond acceptors (Lipinski definition) is 4. The molecular weight excluding hydrogens is 242 g/mol. The highest BCUT2D eigenvalue weighted by atomic mass is 16.5. The van der Waals surface area contributed by atoms with Gasteiger partial charge in [0.25, 0.3) is 0 Å². The van der Waals surface area contributed by atoms with Crippen LogP contribution in [0.2, 0.25) is 0 Å². The molecule has 3 heterocycles. The van der Waals surface area contributed by atoms with E-state index < -0.39 is 0 Å². The summed E-state index contributed by atoms with van der Waals surface area (Å²) in [6, 6.07) is 1.01. The van der Waals surface area contributed by atoms with Gasteiger partial charge in [-0.05, 0) is 25.7 Å². The van der Waals surface area contributed by atoms with Gasteiger partial charge in [0.05, 0.1) is 19.3 Å². The third-order valence-corrected chi connectivity index (χ3v) is 4.86. The van der Waals surface area contributed by atoms with Gasteiger partial charge >= 0.3 is 0 Å². The van der Waals surface area contributed by atoms with Crippen molar-refractivity contribution in [3.63, 3.8) is 0 Å². The smallest absolute Gasteiger partial charge is 0.222 e. The Morgan fingerprint density at radius 3 is 2.53 bits per heavy atom. The first-order chi connectivity index (χ1) is 9.25. The number of piperidine rings is 2. The van der Waals surface area contributed by atoms with Crippen molar-refractivity contribution in [1.82, 2.24) is 9.80 Å². The Balaban J connectivity index is 1.52. The third-order valence-electron chi connectivity index (χ3n) is 4.86. The topological polar surface area (TPSA) is 58.8 Å². The summed E-state index contributed by atoms with van der Waals surface area (Å²) < 4.78 is 5.45. The molecule has 0 radical (unpaired) electrons. The molecule has 3 fully saturated rings. The first-order valence-electron chi connectivity index (χ1n) is 7.62. The van der Waals surface area contributed by atoms with E-state index in [1.165, 1.54) is 6.42 Å². The number of carbonyl (C=O) groups is 1. The number of nitrogens with zero attached hydrogens (tertiary/aromatic N) is 2. The second-order valence-corrected chi connectivity index (χ2v) is 6.08. The van der Waals surface area contributed by atoms with Crippen molar-refractivity contribution < 1.29 is 9.53 Å². The second-order valence-electron chi connectivity index (χ2n) is 6.08. The average Bonchev–Trinajstić information content (AvgIpc) is 2.86. The van der Waals surface area contributed by atoms with Crippen molar-refractivity contribution in [2.45, 2.75) is 50.2 Å². The molecule has 1 amide bonds. The van der Waals surface area contributed by atoms with Crippen molar-refractivity contribution in [2.75, 3.05) is 32.8 Å². The molecule has 0 saturated carbocycles. The third kappa shape index (κ3) is 2.78. The summed E-state index contributed by atoms with van der Waals surface area (Å²) in [4.78, 5) is 16.5. The standard InChI is InChI=1S/C14H25N3O2/c15-12-9-19-10-13(12)16-7-4-11(5-8-16)17-6-2-1-3-14(17)18/h11-13H,1-10,15H2/t12-,13?/m0/s1. The van der Waals surface area contributed by atoms with Crippen LogP contribution in [0.1, 0.15) is 32.1 Å². The van der Waals surface area contributed by atoms with Crippen LogP contribution in [0.3, 0.4) is 0 Å². The van der Waals surface area contributed by atoms with Crippen LogP contribution in [-0.4, -0.2) is 66.7 Å². The molecule has 0 aromatic heterocycles. The lowest BCUT2D eigenvalue weighted by Gasteiger charge is -2.42. The van der Waals surface area contributed by atoms with Crippen LogP contribution in [0.5, 0.6) is 0 Å². The van der Waals surface area contributed by atoms with Crippen molar-refractivity contribution >= 4 is 5.91 Å². The quantitative estimate of drug-likeness (QED) is 0.776. The number of carbonyl (C=O) groups excluding carboxylic acids is 1. The molecule has 108 valence electrons. The molecule has 0 spiro atoms. The van der Waals surface area contributed by atoms with E-state index in [1.807, 2.05) is 0 Å². The minimum atomic E-state index is 0.160. The summed E-state index contributed by atoms with van der Waals surface area (Å²) in [5, 5.41) is 0. The van der Waals surface area contributed by atoms with Crippen LogP contribution in [0, 0.1) is 0 Å². The van der Waals surface area contributed by atoms with Crippen molar-refractivity contribution in [2.24, 2.45) is 5.73 Å². The Kier molecular flexibility index (Phi) is 4.05. The fraction of sp³-hybridized carbons (Fsp3) is 0.929. The summed E-state index contributed by atoms with van der Waals surface area (Å²) in [6.07, 6.45) is 5.18. The molecule has 5 nitrogen and oxygen atoms in total. The highest BCUT2D eigenvalue weighted by Crippen LogP contribution is 2.24. The molecule has 0 bridgehead atoms. The number of likely N-dealkylation sites (tertiary alicyclic amines) is 2. The second kappa shape index (κ2) is 5.77. The number of nitrogens with two attached hydrogens (primary N) is 1. The average molecular weight is 267 g/mol. The molecule has 0 aromatic rings. The molecule has 2 N–H and O–H groups in total. The lowest BCUT2D eigenvalue weighted by atomic mass is 9.97. The van der Waals surface area contributed by atoms with Gasteiger partial charge in [-0.15, -0.1) is 0 Å². The predicted molar refractivity (Wildman–Crippen MR) is 72.7 cm³/mol. The molecule has 1 unspecified atom stereocenters. The maximum atomic E-state index is 12.0. The van der Waals surface area contributed by atoms with Crippen molar-refractivity contribution in [3.05, 3.63) is 0 Å². The van der Waals surface area contributed by atoms with Gasteiger partial charge in [-0.25, -0.2) is 0 Å². The highest BCUT2D eigenvalue weighted by molar-refractivity contribution is 5.77. The summed E-state index contributed by atoms with van der Waals surface area (Å²) in [7, 11) is 0. The first-order valence-corrected chi connectivity index (χ1v) is 7.62. The number of amides is 1. The Hall–Kier alpha value is -0.650. The Bertz CT molecular complexity index is 329. The van der Waals surface area contributed by atoms with E-state index in [0.717, 1.165) is 51.9 Å². The van der Waals surface area contributed by atoms with Gasteiger partial charge in [-0.2, -0.15) is 0 Å². The van der Waals surface area contributed by atoms with Gasteiger partial charge in [0.15, 0.2) is 0 Å². The van der Waals surface area contributed by atoms with Crippen LogP contribution in [-0.2, 0) is 9.53 Å². The minimum absolute atomic E-state index is 0.160. The van der Waals surface area contributed by atoms with Crippen LogP contribution in [0.25, 0.3) is 0 Å². The zero-order chi connectivity index (χ0) is 13.2. The highest BCUT2D eigenvalue weighted by Gasteiger charge is 2.35. The Morgan fingerprint density at radius 1 is 1.11 bits per heavy atom. The molecule has 3 rings (SSSR count). The van der Waals surface area contributed by atoms with E-state index in [1.54, 1.807) is 0 Å². The largest absolute Gasteiger partial charge is 0.378 e. The fourth-order valence-corrected chi connectivity index (χ4v) is 3.68. The molecule has 19 heavy (non-hydrogen) atoms. The molecule has 0 aromatic carbocycles. The fourth-order valence-electron chi connectivity index (χ4n) is 3.68. The molecule has 3 saturated heterocycles. The monoisotopic (exact) mass is 267 g/mol. The van der Waals surface area contributed by atoms with Gasteiger partial charge in [0, 0.05) is 38.1 Å². The van der Waals surface area contributed by atoms with Crippen molar-refractivity contribution in [1.29, 1.82) is 0 Å². The van der Waals surface area contributed by atoms with Crippen molar-refractivity contribution in [3.8, 4) is 0 Å². The SMILES string of the molecule is N[C@H]1COCC1N1CCC(N2CCCCC2=O)CC1. The molecule has 0 aliphatic carbocycles. The molecule has 3 aliphatic heterocycles. The van der Waals surface area contributed by atoms with E-state index in [0.29, 0.717) is 24.6 Å². The summed E-state index contributed by atoms with van der Waals surface area (Å²) >= 11 is 0. The van der Waals surface area contributed by atoms with Crippen LogP contribution in [0.15, 0.2) is 0 Å². The van der Waals surface area contributed by atoms with Gasteiger partial charge in [0.1, 0.15) is 0 Å². The predicted octanol–water partition coefficient (Wildman–Crippen LogP) is 0.189. The molecular formula is C14H25N3O2. The zero-order valence-corrected chi connectivity index (χ0v) is 11.6. The maximum absolute atomic E-state index is 12.0. The van der Waals surface area contributed by atoms with E-state index in [2.05, 4.69) is 9.80 Å². The zero-order valence-electron chi connectivity index (χ0n) is 11.6. The summed E-state index contributed by atoms with van der Waals surface area (Å²) in [5.74, 6) is 0.366. The normalized spacial score (nSPS) is 35.0. The minimum Gasteiger partial charge on any atom is -0.378 e.